The second-order valence-corrected chi connectivity index (χ2v) is 4.67. The monoisotopic (exact) mass is 255 g/mol. The van der Waals surface area contributed by atoms with Crippen LogP contribution in [0.3, 0.4) is 0 Å². The molecule has 1 N–H and O–H groups in total. The van der Waals surface area contributed by atoms with Gasteiger partial charge in [0, 0.05) is 12.2 Å². The van der Waals surface area contributed by atoms with E-state index in [9.17, 15) is 0 Å². The van der Waals surface area contributed by atoms with E-state index in [0.717, 1.165) is 18.7 Å². The number of para-hydroxylation sites is 1. The first kappa shape index (κ1) is 13.5. The van der Waals surface area contributed by atoms with Crippen LogP contribution in [-0.4, -0.2) is 7.11 Å². The average molecular weight is 255 g/mol. The summed E-state index contributed by atoms with van der Waals surface area (Å²) in [7, 11) is 1.71. The second kappa shape index (κ2) is 6.28. The first-order chi connectivity index (χ1) is 9.24. The van der Waals surface area contributed by atoms with Gasteiger partial charge < -0.3 is 10.1 Å². The third-order valence-electron chi connectivity index (χ3n) is 3.34. The summed E-state index contributed by atoms with van der Waals surface area (Å²) in [5.41, 5.74) is 5.01. The van der Waals surface area contributed by atoms with E-state index in [0.29, 0.717) is 0 Å². The van der Waals surface area contributed by atoms with Crippen molar-refractivity contribution in [3.8, 4) is 5.75 Å². The molecule has 0 aliphatic rings. The minimum atomic E-state index is 0.835. The van der Waals surface area contributed by atoms with Crippen LogP contribution in [0, 0.1) is 6.92 Å². The van der Waals surface area contributed by atoms with E-state index in [1.165, 1.54) is 22.4 Å². The van der Waals surface area contributed by atoms with Crippen molar-refractivity contribution < 1.29 is 4.74 Å². The quantitative estimate of drug-likeness (QED) is 0.865. The maximum absolute atomic E-state index is 5.28. The molecule has 0 heterocycles. The Hall–Kier alpha value is -1.96. The van der Waals surface area contributed by atoms with Gasteiger partial charge in [0.1, 0.15) is 5.75 Å². The van der Waals surface area contributed by atoms with E-state index in [1.54, 1.807) is 7.11 Å². The predicted molar refractivity (Wildman–Crippen MR) is 80.9 cm³/mol. The molecular weight excluding hydrogens is 234 g/mol. The zero-order valence-electron chi connectivity index (χ0n) is 11.9. The highest BCUT2D eigenvalue weighted by atomic mass is 16.5. The van der Waals surface area contributed by atoms with Gasteiger partial charge in [-0.2, -0.15) is 0 Å². The number of methoxy groups -OCH3 is 1. The normalized spacial score (nSPS) is 10.3. The van der Waals surface area contributed by atoms with Crippen LogP contribution in [0.25, 0.3) is 0 Å². The summed E-state index contributed by atoms with van der Waals surface area (Å²) >= 11 is 0. The molecule has 0 fully saturated rings. The molecule has 100 valence electrons. The van der Waals surface area contributed by atoms with Gasteiger partial charge in [-0.3, -0.25) is 0 Å². The van der Waals surface area contributed by atoms with Crippen LogP contribution in [-0.2, 0) is 13.0 Å². The molecule has 0 unspecified atom stereocenters. The summed E-state index contributed by atoms with van der Waals surface area (Å²) in [6.45, 7) is 5.09. The molecule has 0 spiro atoms. The third kappa shape index (κ3) is 3.28. The number of nitrogens with one attached hydrogen (secondary N) is 1. The van der Waals surface area contributed by atoms with Gasteiger partial charge in [-0.1, -0.05) is 37.3 Å². The van der Waals surface area contributed by atoms with Crippen molar-refractivity contribution in [2.75, 3.05) is 12.4 Å². The highest BCUT2D eigenvalue weighted by molar-refractivity contribution is 5.51. The number of ether oxygens (including phenoxy) is 1. The van der Waals surface area contributed by atoms with E-state index in [1.807, 2.05) is 6.07 Å². The maximum atomic E-state index is 5.28. The van der Waals surface area contributed by atoms with E-state index in [4.69, 9.17) is 4.74 Å². The highest BCUT2D eigenvalue weighted by Crippen LogP contribution is 2.20. The summed E-state index contributed by atoms with van der Waals surface area (Å²) < 4.78 is 5.28. The summed E-state index contributed by atoms with van der Waals surface area (Å²) in [4.78, 5) is 0. The van der Waals surface area contributed by atoms with E-state index in [2.05, 4.69) is 55.6 Å². The van der Waals surface area contributed by atoms with Crippen LogP contribution in [0.15, 0.2) is 42.5 Å². The van der Waals surface area contributed by atoms with Crippen molar-refractivity contribution in [3.05, 3.63) is 59.2 Å². The van der Waals surface area contributed by atoms with Gasteiger partial charge in [0.2, 0.25) is 0 Å². The van der Waals surface area contributed by atoms with Crippen LogP contribution in [0.1, 0.15) is 23.6 Å². The number of hydrogen-bond acceptors (Lipinski definition) is 2. The van der Waals surface area contributed by atoms with Crippen molar-refractivity contribution in [3.63, 3.8) is 0 Å². The standard InChI is InChI=1S/C17H21NO/c1-4-15-7-5-6-8-16(15)18-12-14-9-10-17(19-3)13(2)11-14/h5-11,18H,4,12H2,1-3H3. The molecule has 0 aliphatic carbocycles. The SMILES string of the molecule is CCc1ccccc1NCc1ccc(OC)c(C)c1. The van der Waals surface area contributed by atoms with E-state index >= 15 is 0 Å². The minimum Gasteiger partial charge on any atom is -0.496 e. The number of hydrogen-bond donors (Lipinski definition) is 1. The van der Waals surface area contributed by atoms with Crippen molar-refractivity contribution in [2.45, 2.75) is 26.8 Å². The Morgan fingerprint density at radius 1 is 1.11 bits per heavy atom. The molecule has 2 heteroatoms. The van der Waals surface area contributed by atoms with Crippen molar-refractivity contribution in [1.82, 2.24) is 0 Å². The van der Waals surface area contributed by atoms with Gasteiger partial charge >= 0.3 is 0 Å². The molecular formula is C17H21NO. The van der Waals surface area contributed by atoms with Crippen molar-refractivity contribution >= 4 is 5.69 Å². The van der Waals surface area contributed by atoms with Crippen LogP contribution < -0.4 is 10.1 Å². The average Bonchev–Trinajstić information content (AvgIpc) is 2.45. The first-order valence-corrected chi connectivity index (χ1v) is 6.70. The fraction of sp³-hybridized carbons (Fsp3) is 0.294. The first-order valence-electron chi connectivity index (χ1n) is 6.70. The Labute approximate surface area is 115 Å². The molecule has 19 heavy (non-hydrogen) atoms. The van der Waals surface area contributed by atoms with Gasteiger partial charge in [0.05, 0.1) is 7.11 Å². The van der Waals surface area contributed by atoms with Gasteiger partial charge in [-0.15, -0.1) is 0 Å². The zero-order valence-corrected chi connectivity index (χ0v) is 11.9. The lowest BCUT2D eigenvalue weighted by atomic mass is 10.1. The van der Waals surface area contributed by atoms with E-state index in [-0.39, 0.29) is 0 Å². The van der Waals surface area contributed by atoms with Crippen molar-refractivity contribution in [1.29, 1.82) is 0 Å². The fourth-order valence-corrected chi connectivity index (χ4v) is 2.25. The van der Waals surface area contributed by atoms with Gasteiger partial charge in [-0.25, -0.2) is 0 Å². The Kier molecular flexibility index (Phi) is 4.45. The molecule has 2 aromatic rings. The minimum absolute atomic E-state index is 0.835. The third-order valence-corrected chi connectivity index (χ3v) is 3.34. The molecule has 0 atom stereocenters. The van der Waals surface area contributed by atoms with Gasteiger partial charge in [0.25, 0.3) is 0 Å². The molecule has 0 amide bonds. The number of rotatable bonds is 5. The van der Waals surface area contributed by atoms with Crippen LogP contribution >= 0.6 is 0 Å². The predicted octanol–water partition coefficient (Wildman–Crippen LogP) is 4.18. The number of aryl methyl sites for hydroxylation is 2. The molecule has 0 bridgehead atoms. The lowest BCUT2D eigenvalue weighted by Gasteiger charge is -2.12. The molecule has 0 aromatic heterocycles. The summed E-state index contributed by atoms with van der Waals surface area (Å²) in [6, 6.07) is 14.8. The molecule has 2 aromatic carbocycles. The Bertz CT molecular complexity index is 549. The molecule has 2 nitrogen and oxygen atoms in total. The molecule has 2 rings (SSSR count). The summed E-state index contributed by atoms with van der Waals surface area (Å²) in [5.74, 6) is 0.942. The Morgan fingerprint density at radius 2 is 1.89 bits per heavy atom. The number of benzene rings is 2. The largest absolute Gasteiger partial charge is 0.496 e. The molecule has 0 saturated heterocycles. The smallest absolute Gasteiger partial charge is 0.121 e. The Morgan fingerprint density at radius 3 is 2.58 bits per heavy atom. The van der Waals surface area contributed by atoms with Crippen LogP contribution in [0.2, 0.25) is 0 Å². The highest BCUT2D eigenvalue weighted by Gasteiger charge is 2.02. The molecule has 0 aliphatic heterocycles. The Balaban J connectivity index is 2.08. The van der Waals surface area contributed by atoms with Gasteiger partial charge in [-0.05, 0) is 42.2 Å². The molecule has 0 radical (unpaired) electrons. The van der Waals surface area contributed by atoms with E-state index < -0.39 is 0 Å². The van der Waals surface area contributed by atoms with Crippen LogP contribution in [0.4, 0.5) is 5.69 Å². The lowest BCUT2D eigenvalue weighted by molar-refractivity contribution is 0.411. The van der Waals surface area contributed by atoms with Gasteiger partial charge in [0.15, 0.2) is 0 Å². The number of anilines is 1. The second-order valence-electron chi connectivity index (χ2n) is 4.67. The zero-order chi connectivity index (χ0) is 13.7. The maximum Gasteiger partial charge on any atom is 0.121 e. The van der Waals surface area contributed by atoms with Crippen LogP contribution in [0.5, 0.6) is 5.75 Å². The topological polar surface area (TPSA) is 21.3 Å². The summed E-state index contributed by atoms with van der Waals surface area (Å²) in [5, 5.41) is 3.50. The molecule has 0 saturated carbocycles. The lowest BCUT2D eigenvalue weighted by Crippen LogP contribution is -2.02. The fourth-order valence-electron chi connectivity index (χ4n) is 2.25. The van der Waals surface area contributed by atoms with Crippen molar-refractivity contribution in [2.24, 2.45) is 0 Å². The summed E-state index contributed by atoms with van der Waals surface area (Å²) in [6.07, 6.45) is 1.05.